The van der Waals surface area contributed by atoms with Gasteiger partial charge in [0.1, 0.15) is 0 Å². The Balaban J connectivity index is 0.00000121. The first-order valence-corrected chi connectivity index (χ1v) is 3.91. The summed E-state index contributed by atoms with van der Waals surface area (Å²) in [6.07, 6.45) is 6.13. The highest BCUT2D eigenvalue weighted by Crippen LogP contribution is 2.05. The molecular weight excluding hydrogens is 178 g/mol. The van der Waals surface area contributed by atoms with Gasteiger partial charge < -0.3 is 10.4 Å². The molecule has 0 amide bonds. The van der Waals surface area contributed by atoms with Crippen LogP contribution in [0.3, 0.4) is 0 Å². The van der Waals surface area contributed by atoms with Crippen molar-refractivity contribution in [3.8, 4) is 0 Å². The minimum absolute atomic E-state index is 0. The molecule has 4 heteroatoms. The third-order valence-corrected chi connectivity index (χ3v) is 1.76. The lowest BCUT2D eigenvalue weighted by Gasteiger charge is -2.00. The van der Waals surface area contributed by atoms with E-state index in [0.717, 1.165) is 13.0 Å². The van der Waals surface area contributed by atoms with Crippen molar-refractivity contribution < 1.29 is 9.90 Å². The van der Waals surface area contributed by atoms with Crippen molar-refractivity contribution in [2.75, 3.05) is 6.54 Å². The second kappa shape index (κ2) is 6.03. The summed E-state index contributed by atoms with van der Waals surface area (Å²) in [6.45, 7) is 1.06. The van der Waals surface area contributed by atoms with Gasteiger partial charge in [0.05, 0.1) is 6.42 Å². The van der Waals surface area contributed by atoms with Gasteiger partial charge in [-0.25, -0.2) is 0 Å². The lowest BCUT2D eigenvalue weighted by atomic mass is 10.2. The van der Waals surface area contributed by atoms with E-state index in [9.17, 15) is 4.79 Å². The van der Waals surface area contributed by atoms with Gasteiger partial charge in [-0.3, -0.25) is 4.79 Å². The van der Waals surface area contributed by atoms with Gasteiger partial charge in [-0.2, -0.15) is 0 Å². The van der Waals surface area contributed by atoms with Crippen LogP contribution >= 0.6 is 12.4 Å². The van der Waals surface area contributed by atoms with Gasteiger partial charge in [0.25, 0.3) is 0 Å². The molecule has 1 rings (SSSR count). The number of rotatable bonds is 3. The summed E-state index contributed by atoms with van der Waals surface area (Å²) in [6, 6.07) is 0.411. The predicted octanol–water partition coefficient (Wildman–Crippen LogP) is 1.19. The van der Waals surface area contributed by atoms with E-state index in [2.05, 4.69) is 5.32 Å². The third-order valence-electron chi connectivity index (χ3n) is 1.76. The number of carbonyl (C=O) groups is 1. The topological polar surface area (TPSA) is 49.3 Å². The Morgan fingerprint density at radius 3 is 2.92 bits per heavy atom. The molecule has 0 aliphatic carbocycles. The number of hydrogen-bond donors (Lipinski definition) is 2. The first-order chi connectivity index (χ1) is 5.29. The monoisotopic (exact) mass is 191 g/mol. The summed E-state index contributed by atoms with van der Waals surface area (Å²) in [7, 11) is 0. The zero-order valence-corrected chi connectivity index (χ0v) is 7.64. The van der Waals surface area contributed by atoms with Crippen LogP contribution < -0.4 is 5.32 Å². The highest BCUT2D eigenvalue weighted by molar-refractivity contribution is 5.85. The third kappa shape index (κ3) is 4.36. The fourth-order valence-corrected chi connectivity index (χ4v) is 1.21. The fraction of sp³-hybridized carbons (Fsp3) is 0.625. The second-order valence-corrected chi connectivity index (χ2v) is 2.73. The Morgan fingerprint density at radius 2 is 2.42 bits per heavy atom. The van der Waals surface area contributed by atoms with E-state index in [-0.39, 0.29) is 18.8 Å². The quantitative estimate of drug-likeness (QED) is 0.659. The van der Waals surface area contributed by atoms with Crippen LogP contribution in [0.25, 0.3) is 0 Å². The van der Waals surface area contributed by atoms with Gasteiger partial charge in [0.15, 0.2) is 0 Å². The number of halogens is 1. The van der Waals surface area contributed by atoms with E-state index in [1.165, 1.54) is 6.42 Å². The lowest BCUT2D eigenvalue weighted by molar-refractivity contribution is -0.136. The highest BCUT2D eigenvalue weighted by Gasteiger charge is 2.09. The molecule has 1 heterocycles. The zero-order valence-electron chi connectivity index (χ0n) is 6.82. The molecule has 70 valence electrons. The molecule has 0 saturated carbocycles. The van der Waals surface area contributed by atoms with Crippen LogP contribution in [-0.4, -0.2) is 23.7 Å². The Kier molecular flexibility index (Phi) is 5.76. The van der Waals surface area contributed by atoms with Crippen LogP contribution in [0, 0.1) is 0 Å². The van der Waals surface area contributed by atoms with Crippen LogP contribution in [0.1, 0.15) is 19.3 Å². The molecule has 0 aromatic carbocycles. The first-order valence-electron chi connectivity index (χ1n) is 3.91. The van der Waals surface area contributed by atoms with Crippen molar-refractivity contribution in [2.24, 2.45) is 0 Å². The molecule has 1 aliphatic heterocycles. The van der Waals surface area contributed by atoms with Crippen molar-refractivity contribution in [1.82, 2.24) is 5.32 Å². The maximum absolute atomic E-state index is 10.1. The largest absolute Gasteiger partial charge is 0.481 e. The average Bonchev–Trinajstić information content (AvgIpc) is 2.39. The number of carboxylic acids is 1. The first kappa shape index (κ1) is 11.5. The molecule has 0 aromatic heterocycles. The van der Waals surface area contributed by atoms with Gasteiger partial charge in [-0.05, 0) is 19.4 Å². The predicted molar refractivity (Wildman–Crippen MR) is 49.7 cm³/mol. The molecule has 2 N–H and O–H groups in total. The zero-order chi connectivity index (χ0) is 8.10. The molecule has 3 nitrogen and oxygen atoms in total. The summed E-state index contributed by atoms with van der Waals surface area (Å²) >= 11 is 0. The molecular formula is C8H14ClNO2. The van der Waals surface area contributed by atoms with E-state index in [4.69, 9.17) is 5.11 Å². The van der Waals surface area contributed by atoms with E-state index in [1.54, 1.807) is 6.08 Å². The van der Waals surface area contributed by atoms with E-state index < -0.39 is 5.97 Å². The van der Waals surface area contributed by atoms with Gasteiger partial charge in [0, 0.05) is 6.04 Å². The molecule has 1 unspecified atom stereocenters. The number of aliphatic carboxylic acids is 1. The fourth-order valence-electron chi connectivity index (χ4n) is 1.21. The van der Waals surface area contributed by atoms with E-state index >= 15 is 0 Å². The Morgan fingerprint density at radius 1 is 1.67 bits per heavy atom. The number of carboxylic acid groups (broad SMARTS) is 1. The van der Waals surface area contributed by atoms with Crippen molar-refractivity contribution in [3.63, 3.8) is 0 Å². The normalized spacial score (nSPS) is 22.5. The number of hydrogen-bond acceptors (Lipinski definition) is 2. The summed E-state index contributed by atoms with van der Waals surface area (Å²) < 4.78 is 0. The smallest absolute Gasteiger partial charge is 0.307 e. The maximum Gasteiger partial charge on any atom is 0.307 e. The van der Waals surface area contributed by atoms with Gasteiger partial charge in [0.2, 0.25) is 0 Å². The molecule has 1 fully saturated rings. The van der Waals surface area contributed by atoms with E-state index in [0.29, 0.717) is 6.04 Å². The molecule has 0 aromatic rings. The Hall–Kier alpha value is -0.540. The average molecular weight is 192 g/mol. The van der Waals surface area contributed by atoms with Crippen molar-refractivity contribution in [1.29, 1.82) is 0 Å². The van der Waals surface area contributed by atoms with Crippen LogP contribution in [0.4, 0.5) is 0 Å². The standard InChI is InChI=1S/C8H13NO2.ClH/c10-8(11)5-1-3-7-4-2-6-9-7;/h1,3,7,9H,2,4-6H2,(H,10,11);1H/b3-1+;. The molecule has 0 bridgehead atoms. The van der Waals surface area contributed by atoms with Crippen LogP contribution in [0.2, 0.25) is 0 Å². The summed E-state index contributed by atoms with van der Waals surface area (Å²) in [5.41, 5.74) is 0. The van der Waals surface area contributed by atoms with Crippen LogP contribution in [0.5, 0.6) is 0 Å². The SMILES string of the molecule is Cl.O=C(O)C/C=C/C1CCCN1. The van der Waals surface area contributed by atoms with Crippen molar-refractivity contribution in [3.05, 3.63) is 12.2 Å². The summed E-state index contributed by atoms with van der Waals surface area (Å²) in [4.78, 5) is 10.1. The van der Waals surface area contributed by atoms with E-state index in [1.807, 2.05) is 6.08 Å². The van der Waals surface area contributed by atoms with Gasteiger partial charge >= 0.3 is 5.97 Å². The van der Waals surface area contributed by atoms with Crippen LogP contribution in [-0.2, 0) is 4.79 Å². The second-order valence-electron chi connectivity index (χ2n) is 2.73. The van der Waals surface area contributed by atoms with Crippen LogP contribution in [0.15, 0.2) is 12.2 Å². The maximum atomic E-state index is 10.1. The highest BCUT2D eigenvalue weighted by atomic mass is 35.5. The Bertz CT molecular complexity index is 164. The lowest BCUT2D eigenvalue weighted by Crippen LogP contribution is -2.18. The van der Waals surface area contributed by atoms with Gasteiger partial charge in [-0.15, -0.1) is 12.4 Å². The van der Waals surface area contributed by atoms with Crippen molar-refractivity contribution >= 4 is 18.4 Å². The summed E-state index contributed by atoms with van der Waals surface area (Å²) in [5, 5.41) is 11.6. The molecule has 1 atom stereocenters. The molecule has 0 radical (unpaired) electrons. The van der Waals surface area contributed by atoms with Crippen molar-refractivity contribution in [2.45, 2.75) is 25.3 Å². The number of nitrogens with one attached hydrogen (secondary N) is 1. The molecule has 12 heavy (non-hydrogen) atoms. The molecule has 1 aliphatic rings. The van der Waals surface area contributed by atoms with Gasteiger partial charge in [-0.1, -0.05) is 12.2 Å². The minimum atomic E-state index is -0.765. The summed E-state index contributed by atoms with van der Waals surface area (Å²) in [5.74, 6) is -0.765. The molecule has 0 spiro atoms. The Labute approximate surface area is 78.3 Å². The minimum Gasteiger partial charge on any atom is -0.481 e. The molecule has 1 saturated heterocycles.